The molecule has 2 N–H and O–H groups in total. The number of aryl methyl sites for hydroxylation is 1. The number of pyridine rings is 2. The molecule has 0 saturated carbocycles. The standard InChI is InChI=1S/C15H19N3O/c1-12(16)14-5-2-8-18-15(14)19-11-3-4-13-6-9-17-10-7-13/h2,5-10,12H,3-4,11,16H2,1H3/t12-/m1/s1. The maximum Gasteiger partial charge on any atom is 0.218 e. The van der Waals surface area contributed by atoms with Gasteiger partial charge in [0.1, 0.15) is 0 Å². The topological polar surface area (TPSA) is 61.0 Å². The van der Waals surface area contributed by atoms with Crippen LogP contribution in [0.1, 0.15) is 30.5 Å². The van der Waals surface area contributed by atoms with Crippen LogP contribution in [0, 0.1) is 0 Å². The number of nitrogens with zero attached hydrogens (tertiary/aromatic N) is 2. The van der Waals surface area contributed by atoms with E-state index < -0.39 is 0 Å². The molecular formula is C15H19N3O. The fraction of sp³-hybridized carbons (Fsp3) is 0.333. The molecule has 0 aliphatic carbocycles. The summed E-state index contributed by atoms with van der Waals surface area (Å²) >= 11 is 0. The van der Waals surface area contributed by atoms with Crippen molar-refractivity contribution in [1.29, 1.82) is 0 Å². The van der Waals surface area contributed by atoms with E-state index in [9.17, 15) is 0 Å². The molecule has 0 aliphatic rings. The predicted octanol–water partition coefficient (Wildman–Crippen LogP) is 2.51. The summed E-state index contributed by atoms with van der Waals surface area (Å²) in [4.78, 5) is 8.23. The minimum Gasteiger partial charge on any atom is -0.477 e. The third kappa shape index (κ3) is 4.03. The van der Waals surface area contributed by atoms with Crippen molar-refractivity contribution in [3.63, 3.8) is 0 Å². The van der Waals surface area contributed by atoms with Gasteiger partial charge < -0.3 is 10.5 Å². The lowest BCUT2D eigenvalue weighted by Gasteiger charge is -2.12. The number of ether oxygens (including phenoxy) is 1. The lowest BCUT2D eigenvalue weighted by Crippen LogP contribution is -2.10. The molecule has 2 rings (SSSR count). The normalized spacial score (nSPS) is 12.1. The molecular weight excluding hydrogens is 238 g/mol. The van der Waals surface area contributed by atoms with Crippen LogP contribution in [-0.4, -0.2) is 16.6 Å². The number of hydrogen-bond donors (Lipinski definition) is 1. The van der Waals surface area contributed by atoms with Gasteiger partial charge in [0.05, 0.1) is 6.61 Å². The molecule has 0 amide bonds. The smallest absolute Gasteiger partial charge is 0.218 e. The summed E-state index contributed by atoms with van der Waals surface area (Å²) in [6, 6.07) is 7.81. The molecule has 0 fully saturated rings. The monoisotopic (exact) mass is 257 g/mol. The van der Waals surface area contributed by atoms with Crippen molar-refractivity contribution in [2.45, 2.75) is 25.8 Å². The van der Waals surface area contributed by atoms with Gasteiger partial charge in [-0.25, -0.2) is 4.98 Å². The Kier molecular flexibility index (Phi) is 4.86. The number of hydrogen-bond acceptors (Lipinski definition) is 4. The highest BCUT2D eigenvalue weighted by molar-refractivity contribution is 5.28. The van der Waals surface area contributed by atoms with Crippen molar-refractivity contribution < 1.29 is 4.74 Å². The lowest BCUT2D eigenvalue weighted by atomic mass is 10.1. The number of aromatic nitrogens is 2. The first-order valence-corrected chi connectivity index (χ1v) is 6.49. The maximum absolute atomic E-state index is 5.88. The Labute approximate surface area is 113 Å². The zero-order chi connectivity index (χ0) is 13.5. The van der Waals surface area contributed by atoms with Crippen LogP contribution in [0.4, 0.5) is 0 Å². The second-order valence-corrected chi connectivity index (χ2v) is 4.49. The minimum absolute atomic E-state index is 0.0658. The van der Waals surface area contributed by atoms with Crippen LogP contribution in [0.5, 0.6) is 5.88 Å². The van der Waals surface area contributed by atoms with E-state index in [1.165, 1.54) is 5.56 Å². The van der Waals surface area contributed by atoms with E-state index in [0.29, 0.717) is 12.5 Å². The van der Waals surface area contributed by atoms with Gasteiger partial charge in [0, 0.05) is 30.2 Å². The van der Waals surface area contributed by atoms with Crippen LogP contribution in [0.25, 0.3) is 0 Å². The van der Waals surface area contributed by atoms with Crippen molar-refractivity contribution in [2.75, 3.05) is 6.61 Å². The zero-order valence-corrected chi connectivity index (χ0v) is 11.1. The molecule has 0 bridgehead atoms. The zero-order valence-electron chi connectivity index (χ0n) is 11.1. The average Bonchev–Trinajstić information content (AvgIpc) is 2.45. The molecule has 2 heterocycles. The average molecular weight is 257 g/mol. The van der Waals surface area contributed by atoms with E-state index >= 15 is 0 Å². The second kappa shape index (κ2) is 6.85. The Bertz CT molecular complexity index is 500. The van der Waals surface area contributed by atoms with Gasteiger partial charge >= 0.3 is 0 Å². The Morgan fingerprint density at radius 3 is 2.74 bits per heavy atom. The highest BCUT2D eigenvalue weighted by Gasteiger charge is 2.08. The summed E-state index contributed by atoms with van der Waals surface area (Å²) in [5.41, 5.74) is 8.10. The van der Waals surface area contributed by atoms with Crippen molar-refractivity contribution in [2.24, 2.45) is 5.73 Å². The summed E-state index contributed by atoms with van der Waals surface area (Å²) in [7, 11) is 0. The molecule has 0 radical (unpaired) electrons. The van der Waals surface area contributed by atoms with Gasteiger partial charge in [-0.3, -0.25) is 4.98 Å². The first-order valence-electron chi connectivity index (χ1n) is 6.49. The fourth-order valence-electron chi connectivity index (χ4n) is 1.86. The van der Waals surface area contributed by atoms with E-state index in [1.807, 2.05) is 43.6 Å². The first-order chi connectivity index (χ1) is 9.27. The van der Waals surface area contributed by atoms with Crippen LogP contribution in [0.15, 0.2) is 42.9 Å². The van der Waals surface area contributed by atoms with E-state index in [2.05, 4.69) is 9.97 Å². The Balaban J connectivity index is 1.83. The molecule has 0 aromatic carbocycles. The van der Waals surface area contributed by atoms with E-state index in [-0.39, 0.29) is 6.04 Å². The molecule has 2 aromatic heterocycles. The Morgan fingerprint density at radius 1 is 1.21 bits per heavy atom. The van der Waals surface area contributed by atoms with Crippen LogP contribution < -0.4 is 10.5 Å². The molecule has 0 unspecified atom stereocenters. The van der Waals surface area contributed by atoms with Gasteiger partial charge in [-0.15, -0.1) is 0 Å². The molecule has 0 aliphatic heterocycles. The lowest BCUT2D eigenvalue weighted by molar-refractivity contribution is 0.294. The van der Waals surface area contributed by atoms with Crippen LogP contribution in [0.2, 0.25) is 0 Å². The maximum atomic E-state index is 5.88. The van der Waals surface area contributed by atoms with Gasteiger partial charge in [-0.1, -0.05) is 6.07 Å². The van der Waals surface area contributed by atoms with E-state index in [1.54, 1.807) is 6.20 Å². The highest BCUT2D eigenvalue weighted by atomic mass is 16.5. The first kappa shape index (κ1) is 13.5. The second-order valence-electron chi connectivity index (χ2n) is 4.49. The van der Waals surface area contributed by atoms with Crippen LogP contribution in [0.3, 0.4) is 0 Å². The van der Waals surface area contributed by atoms with Crippen molar-refractivity contribution in [3.8, 4) is 5.88 Å². The van der Waals surface area contributed by atoms with Gasteiger partial charge in [-0.2, -0.15) is 0 Å². The van der Waals surface area contributed by atoms with Crippen LogP contribution >= 0.6 is 0 Å². The van der Waals surface area contributed by atoms with Gasteiger partial charge in [0.25, 0.3) is 0 Å². The van der Waals surface area contributed by atoms with E-state index in [0.717, 1.165) is 18.4 Å². The fourth-order valence-corrected chi connectivity index (χ4v) is 1.86. The van der Waals surface area contributed by atoms with Crippen molar-refractivity contribution in [3.05, 3.63) is 54.0 Å². The van der Waals surface area contributed by atoms with Gasteiger partial charge in [0.15, 0.2) is 0 Å². The molecule has 4 heteroatoms. The summed E-state index contributed by atoms with van der Waals surface area (Å²) in [5, 5.41) is 0. The molecule has 0 spiro atoms. The highest BCUT2D eigenvalue weighted by Crippen LogP contribution is 2.20. The summed E-state index contributed by atoms with van der Waals surface area (Å²) in [5.74, 6) is 0.646. The van der Waals surface area contributed by atoms with Gasteiger partial charge in [0.2, 0.25) is 5.88 Å². The van der Waals surface area contributed by atoms with Crippen molar-refractivity contribution in [1.82, 2.24) is 9.97 Å². The number of nitrogens with two attached hydrogens (primary N) is 1. The summed E-state index contributed by atoms with van der Waals surface area (Å²) in [6.07, 6.45) is 7.26. The van der Waals surface area contributed by atoms with Crippen LogP contribution in [-0.2, 0) is 6.42 Å². The van der Waals surface area contributed by atoms with Crippen molar-refractivity contribution >= 4 is 0 Å². The third-order valence-corrected chi connectivity index (χ3v) is 2.89. The molecule has 2 aromatic rings. The Hall–Kier alpha value is -1.94. The molecule has 4 nitrogen and oxygen atoms in total. The summed E-state index contributed by atoms with van der Waals surface area (Å²) < 4.78 is 5.71. The molecule has 100 valence electrons. The number of rotatable bonds is 6. The molecule has 1 atom stereocenters. The SMILES string of the molecule is C[C@@H](N)c1cccnc1OCCCc1ccncc1. The molecule has 19 heavy (non-hydrogen) atoms. The summed E-state index contributed by atoms with van der Waals surface area (Å²) in [6.45, 7) is 2.57. The minimum atomic E-state index is -0.0658. The Morgan fingerprint density at radius 2 is 2.00 bits per heavy atom. The largest absolute Gasteiger partial charge is 0.477 e. The van der Waals surface area contributed by atoms with E-state index in [4.69, 9.17) is 10.5 Å². The van der Waals surface area contributed by atoms with Gasteiger partial charge in [-0.05, 0) is 43.5 Å². The quantitative estimate of drug-likeness (QED) is 0.808. The third-order valence-electron chi connectivity index (χ3n) is 2.89. The molecule has 0 saturated heterocycles. The predicted molar refractivity (Wildman–Crippen MR) is 74.9 cm³/mol.